The zero-order valence-electron chi connectivity index (χ0n) is 14.7. The molecule has 1 aliphatic heterocycles. The van der Waals surface area contributed by atoms with Gasteiger partial charge in [0.25, 0.3) is 0 Å². The molecule has 0 unspecified atom stereocenters. The van der Waals surface area contributed by atoms with Gasteiger partial charge in [0.15, 0.2) is 16.4 Å². The first-order valence-electron chi connectivity index (χ1n) is 7.69. The van der Waals surface area contributed by atoms with Crippen molar-refractivity contribution in [2.24, 2.45) is 0 Å². The number of halogens is 1. The maximum Gasteiger partial charge on any atom is 0.351 e. The Morgan fingerprint density at radius 2 is 1.70 bits per heavy atom. The lowest BCUT2D eigenvalue weighted by atomic mass is 10.2. The molecular weight excluding hydrogens is 438 g/mol. The number of rotatable bonds is 4. The van der Waals surface area contributed by atoms with E-state index in [1.807, 2.05) is 0 Å². The number of esters is 1. The summed E-state index contributed by atoms with van der Waals surface area (Å²) in [4.78, 5) is 13.3. The molecule has 0 saturated carbocycles. The quantitative estimate of drug-likeness (QED) is 0.655. The summed E-state index contributed by atoms with van der Waals surface area (Å²) < 4.78 is 41.6. The lowest BCUT2D eigenvalue weighted by molar-refractivity contribution is -0.135. The average Bonchev–Trinajstić information content (AvgIpc) is 2.66. The van der Waals surface area contributed by atoms with Gasteiger partial charge >= 0.3 is 5.97 Å². The number of anilines is 2. The number of carbonyl (C=O) groups excluding carboxylic acids is 1. The van der Waals surface area contributed by atoms with Crippen LogP contribution >= 0.6 is 15.9 Å². The highest BCUT2D eigenvalue weighted by Gasteiger charge is 2.36. The van der Waals surface area contributed by atoms with Gasteiger partial charge in [0.2, 0.25) is 9.84 Å². The molecule has 3 rings (SSSR count). The molecule has 0 N–H and O–H groups in total. The molecule has 0 fully saturated rings. The summed E-state index contributed by atoms with van der Waals surface area (Å²) in [6.07, 6.45) is 1.25. The third-order valence-corrected chi connectivity index (χ3v) is 6.31. The van der Waals surface area contributed by atoms with Gasteiger partial charge in [-0.3, -0.25) is 0 Å². The fourth-order valence-corrected chi connectivity index (χ4v) is 4.54. The molecule has 27 heavy (non-hydrogen) atoms. The van der Waals surface area contributed by atoms with Crippen molar-refractivity contribution in [2.45, 2.75) is 4.90 Å². The number of ether oxygens (including phenoxy) is 3. The predicted molar refractivity (Wildman–Crippen MR) is 103 cm³/mol. The number of carbonyl (C=O) groups is 1. The van der Waals surface area contributed by atoms with E-state index < -0.39 is 20.7 Å². The maximum absolute atomic E-state index is 12.9. The average molecular weight is 454 g/mol. The molecule has 0 saturated heterocycles. The van der Waals surface area contributed by atoms with E-state index in [9.17, 15) is 13.2 Å². The number of fused-ring (bicyclic) bond motifs is 1. The third-order valence-electron chi connectivity index (χ3n) is 4.04. The van der Waals surface area contributed by atoms with Gasteiger partial charge in [-0.2, -0.15) is 0 Å². The molecule has 1 aliphatic rings. The van der Waals surface area contributed by atoms with E-state index in [-0.39, 0.29) is 4.90 Å². The molecule has 0 aromatic heterocycles. The van der Waals surface area contributed by atoms with Crippen molar-refractivity contribution in [1.29, 1.82) is 0 Å². The van der Waals surface area contributed by atoms with Crippen molar-refractivity contribution in [3.63, 3.8) is 0 Å². The van der Waals surface area contributed by atoms with Gasteiger partial charge in [-0.05, 0) is 30.3 Å². The van der Waals surface area contributed by atoms with Crippen molar-refractivity contribution in [3.05, 3.63) is 52.0 Å². The van der Waals surface area contributed by atoms with Crippen LogP contribution in [0, 0.1) is 0 Å². The predicted octanol–water partition coefficient (Wildman–Crippen LogP) is 3.41. The highest BCUT2D eigenvalue weighted by molar-refractivity contribution is 9.10. The SMILES string of the molecule is COC(=O)C1=CN(c2ccc(OC)c(OC)c2)c2cc(Br)ccc2S1(=O)=O. The first-order chi connectivity index (χ1) is 12.8. The summed E-state index contributed by atoms with van der Waals surface area (Å²) in [5.41, 5.74) is 0.979. The molecule has 0 aliphatic carbocycles. The Morgan fingerprint density at radius 3 is 2.33 bits per heavy atom. The molecule has 7 nitrogen and oxygen atoms in total. The topological polar surface area (TPSA) is 82.1 Å². The number of nitrogens with zero attached hydrogens (tertiary/aromatic N) is 1. The van der Waals surface area contributed by atoms with Crippen molar-refractivity contribution in [3.8, 4) is 11.5 Å². The zero-order chi connectivity index (χ0) is 19.8. The van der Waals surface area contributed by atoms with E-state index >= 15 is 0 Å². The van der Waals surface area contributed by atoms with Crippen LogP contribution < -0.4 is 14.4 Å². The zero-order valence-corrected chi connectivity index (χ0v) is 17.1. The van der Waals surface area contributed by atoms with E-state index in [1.165, 1.54) is 26.5 Å². The number of methoxy groups -OCH3 is 3. The number of hydrogen-bond donors (Lipinski definition) is 0. The minimum Gasteiger partial charge on any atom is -0.493 e. The van der Waals surface area contributed by atoms with E-state index in [4.69, 9.17) is 9.47 Å². The molecule has 0 bridgehead atoms. The van der Waals surface area contributed by atoms with Crippen LogP contribution in [0.1, 0.15) is 0 Å². The number of sulfone groups is 1. The van der Waals surface area contributed by atoms with Crippen molar-refractivity contribution >= 4 is 43.1 Å². The molecule has 0 atom stereocenters. The van der Waals surface area contributed by atoms with Gasteiger partial charge in [0.05, 0.1) is 31.9 Å². The Balaban J connectivity index is 2.28. The van der Waals surface area contributed by atoms with Crippen LogP contribution in [0.25, 0.3) is 0 Å². The highest BCUT2D eigenvalue weighted by atomic mass is 79.9. The van der Waals surface area contributed by atoms with Gasteiger partial charge in [-0.15, -0.1) is 0 Å². The number of hydrogen-bond acceptors (Lipinski definition) is 7. The maximum atomic E-state index is 12.9. The minimum absolute atomic E-state index is 0.00313. The molecule has 2 aromatic carbocycles. The van der Waals surface area contributed by atoms with Crippen molar-refractivity contribution in [1.82, 2.24) is 0 Å². The van der Waals surface area contributed by atoms with Gasteiger partial charge < -0.3 is 19.1 Å². The van der Waals surface area contributed by atoms with E-state index in [2.05, 4.69) is 20.7 Å². The first-order valence-corrected chi connectivity index (χ1v) is 9.97. The van der Waals surface area contributed by atoms with E-state index in [1.54, 1.807) is 35.2 Å². The second-order valence-corrected chi connectivity index (χ2v) is 8.31. The van der Waals surface area contributed by atoms with Crippen LogP contribution in [0.4, 0.5) is 11.4 Å². The largest absolute Gasteiger partial charge is 0.493 e. The Labute approximate surface area is 165 Å². The van der Waals surface area contributed by atoms with Crippen LogP contribution in [0.15, 0.2) is 56.9 Å². The molecule has 142 valence electrons. The smallest absolute Gasteiger partial charge is 0.351 e. The molecule has 2 aromatic rings. The highest BCUT2D eigenvalue weighted by Crippen LogP contribution is 2.43. The summed E-state index contributed by atoms with van der Waals surface area (Å²) in [5, 5.41) is 0. The van der Waals surface area contributed by atoms with E-state index in [0.29, 0.717) is 27.3 Å². The van der Waals surface area contributed by atoms with Crippen LogP contribution in [0.5, 0.6) is 11.5 Å². The van der Waals surface area contributed by atoms with Crippen LogP contribution in [0.2, 0.25) is 0 Å². The lowest BCUT2D eigenvalue weighted by Gasteiger charge is -2.29. The molecule has 1 heterocycles. The Morgan fingerprint density at radius 1 is 1.00 bits per heavy atom. The Hall–Kier alpha value is -2.52. The minimum atomic E-state index is -4.01. The third kappa shape index (κ3) is 3.28. The van der Waals surface area contributed by atoms with Gasteiger partial charge in [-0.1, -0.05) is 15.9 Å². The van der Waals surface area contributed by atoms with E-state index in [0.717, 1.165) is 7.11 Å². The number of benzene rings is 2. The fourth-order valence-electron chi connectivity index (χ4n) is 2.73. The Bertz CT molecular complexity index is 1050. The molecule has 0 spiro atoms. The molecule has 0 amide bonds. The monoisotopic (exact) mass is 453 g/mol. The van der Waals surface area contributed by atoms with Gasteiger partial charge in [0, 0.05) is 22.4 Å². The Kier molecular flexibility index (Phi) is 5.16. The van der Waals surface area contributed by atoms with Gasteiger partial charge in [0.1, 0.15) is 0 Å². The second kappa shape index (κ2) is 7.24. The van der Waals surface area contributed by atoms with Crippen LogP contribution in [-0.4, -0.2) is 35.7 Å². The molecule has 0 radical (unpaired) electrons. The van der Waals surface area contributed by atoms with Gasteiger partial charge in [-0.25, -0.2) is 13.2 Å². The summed E-state index contributed by atoms with van der Waals surface area (Å²) in [6, 6.07) is 9.82. The summed E-state index contributed by atoms with van der Waals surface area (Å²) in [6.45, 7) is 0. The van der Waals surface area contributed by atoms with Crippen LogP contribution in [-0.2, 0) is 19.4 Å². The summed E-state index contributed by atoms with van der Waals surface area (Å²) in [5.74, 6) is 0.0551. The second-order valence-electron chi connectivity index (χ2n) is 5.51. The fraction of sp³-hybridized carbons (Fsp3) is 0.167. The molecular formula is C18H16BrNO6S. The van der Waals surface area contributed by atoms with Crippen molar-refractivity contribution in [2.75, 3.05) is 26.2 Å². The van der Waals surface area contributed by atoms with Crippen molar-refractivity contribution < 1.29 is 27.4 Å². The molecule has 9 heteroatoms. The summed E-state index contributed by atoms with van der Waals surface area (Å²) in [7, 11) is 0.146. The first kappa shape index (κ1) is 19.2. The summed E-state index contributed by atoms with van der Waals surface area (Å²) >= 11 is 3.36. The lowest BCUT2D eigenvalue weighted by Crippen LogP contribution is -2.26. The van der Waals surface area contributed by atoms with Crippen LogP contribution in [0.3, 0.4) is 0 Å². The normalized spacial score (nSPS) is 14.8. The standard InChI is InChI=1S/C18H16BrNO6S/c1-24-14-6-5-12(9-15(14)25-2)20-10-17(18(21)26-3)27(22,23)16-7-4-11(19)8-13(16)20/h4-10H,1-3H3.